The number of carbonyl (C=O) groups is 5. The van der Waals surface area contributed by atoms with Crippen molar-refractivity contribution in [2.45, 2.75) is 89.9 Å². The van der Waals surface area contributed by atoms with Crippen LogP contribution in [0.3, 0.4) is 0 Å². The zero-order chi connectivity index (χ0) is 29.9. The van der Waals surface area contributed by atoms with Crippen molar-refractivity contribution in [3.63, 3.8) is 0 Å². The molecule has 0 aromatic heterocycles. The number of nitrogens with one attached hydrogen (secondary N) is 2. The minimum absolute atomic E-state index is 0.134. The normalized spacial score (nSPS) is 23.1. The van der Waals surface area contributed by atoms with Gasteiger partial charge in [0.25, 0.3) is 0 Å². The first-order chi connectivity index (χ1) is 17.9. The number of carboxylic acid groups (broad SMARTS) is 1. The number of carbonyl (C=O) groups excluding carboxylic acids is 4. The lowest BCUT2D eigenvalue weighted by atomic mass is 10.1. The summed E-state index contributed by atoms with van der Waals surface area (Å²) in [5, 5.41) is 23.7. The third kappa shape index (κ3) is 8.14. The number of rotatable bonds is 10. The van der Waals surface area contributed by atoms with Crippen molar-refractivity contribution in [1.29, 1.82) is 0 Å². The van der Waals surface area contributed by atoms with E-state index in [0.717, 1.165) is 0 Å². The molecular weight excluding hydrogens is 526 g/mol. The number of amides is 5. The topological polar surface area (TPSA) is 192 Å². The lowest BCUT2D eigenvalue weighted by Gasteiger charge is -2.40. The summed E-state index contributed by atoms with van der Waals surface area (Å²) < 4.78 is 6.30. The predicted molar refractivity (Wildman–Crippen MR) is 145 cm³/mol. The molecule has 2 rings (SSSR count). The molecule has 6 atom stereocenters. The van der Waals surface area contributed by atoms with Crippen molar-refractivity contribution >= 4 is 38.0 Å². The van der Waals surface area contributed by atoms with E-state index in [1.807, 2.05) is 13.1 Å². The quantitative estimate of drug-likeness (QED) is 0.228. The van der Waals surface area contributed by atoms with Crippen molar-refractivity contribution in [3.8, 4) is 0 Å². The Morgan fingerprint density at radius 1 is 0.949 bits per heavy atom. The molecule has 0 aromatic carbocycles. The molecule has 0 aliphatic carbocycles. The van der Waals surface area contributed by atoms with E-state index < -0.39 is 68.3 Å². The summed E-state index contributed by atoms with van der Waals surface area (Å²) in [6.45, 7) is 14.2. The Hall–Kier alpha value is -2.71. The van der Waals surface area contributed by atoms with Gasteiger partial charge in [-0.2, -0.15) is 0 Å². The van der Waals surface area contributed by atoms with E-state index in [1.165, 1.54) is 11.8 Å². The highest BCUT2D eigenvalue weighted by Crippen LogP contribution is 2.37. The molecule has 0 unspecified atom stereocenters. The summed E-state index contributed by atoms with van der Waals surface area (Å²) >= 11 is 0. The molecule has 2 aliphatic heterocycles. The van der Waals surface area contributed by atoms with Crippen LogP contribution in [0.2, 0.25) is 18.1 Å². The van der Waals surface area contributed by atoms with Crippen molar-refractivity contribution in [1.82, 2.24) is 20.4 Å². The molecule has 13 nitrogen and oxygen atoms in total. The maximum absolute atomic E-state index is 13.4. The van der Waals surface area contributed by atoms with Crippen LogP contribution >= 0.6 is 0 Å². The maximum atomic E-state index is 13.4. The third-order valence-electron chi connectivity index (χ3n) is 8.11. The van der Waals surface area contributed by atoms with Crippen LogP contribution in [-0.2, 0) is 23.6 Å². The second-order valence-electron chi connectivity index (χ2n) is 12.2. The second-order valence-corrected chi connectivity index (χ2v) is 16.9. The molecule has 0 bridgehead atoms. The number of aliphatic hydroxyl groups excluding tert-OH is 1. The summed E-state index contributed by atoms with van der Waals surface area (Å²) in [6, 6.07) is -2.33. The van der Waals surface area contributed by atoms with E-state index in [-0.39, 0.29) is 24.0 Å². The zero-order valence-electron chi connectivity index (χ0n) is 24.0. The van der Waals surface area contributed by atoms with E-state index in [9.17, 15) is 34.2 Å². The molecule has 2 saturated heterocycles. The van der Waals surface area contributed by atoms with Gasteiger partial charge in [0.2, 0.25) is 23.6 Å². The molecule has 6 N–H and O–H groups in total. The summed E-state index contributed by atoms with van der Waals surface area (Å²) in [6.07, 6.45) is -2.37. The average Bonchev–Trinajstić information content (AvgIpc) is 3.48. The lowest BCUT2D eigenvalue weighted by molar-refractivity contribution is -0.136. The minimum atomic E-state index is -2.29. The molecule has 39 heavy (non-hydrogen) atoms. The van der Waals surface area contributed by atoms with Gasteiger partial charge in [-0.05, 0) is 44.8 Å². The van der Waals surface area contributed by atoms with E-state index >= 15 is 0 Å². The number of nitrogens with two attached hydrogens (primary N) is 1. The Bertz CT molecular complexity index is 953. The second kappa shape index (κ2) is 12.6. The zero-order valence-corrected chi connectivity index (χ0v) is 25.0. The van der Waals surface area contributed by atoms with E-state index in [4.69, 9.17) is 10.2 Å². The number of hydrogen-bond donors (Lipinski definition) is 5. The summed E-state index contributed by atoms with van der Waals surface area (Å²) in [7, 11) is -2.29. The van der Waals surface area contributed by atoms with Crippen LogP contribution in [0.4, 0.5) is 4.79 Å². The van der Waals surface area contributed by atoms with Crippen molar-refractivity contribution in [3.05, 3.63) is 0 Å². The van der Waals surface area contributed by atoms with Crippen LogP contribution in [0.5, 0.6) is 0 Å². The molecule has 0 aromatic rings. The molecular formula is C25H45N5O8Si. The highest BCUT2D eigenvalue weighted by molar-refractivity contribution is 6.74. The molecule has 0 spiro atoms. The van der Waals surface area contributed by atoms with Crippen LogP contribution in [-0.4, -0.2) is 109 Å². The van der Waals surface area contributed by atoms with Gasteiger partial charge in [-0.3, -0.25) is 19.2 Å². The van der Waals surface area contributed by atoms with Gasteiger partial charge in [0.1, 0.15) is 12.1 Å². The maximum Gasteiger partial charge on any atom is 0.405 e. The first kappa shape index (κ1) is 32.5. The smallest absolute Gasteiger partial charge is 0.405 e. The van der Waals surface area contributed by atoms with Gasteiger partial charge in [0, 0.05) is 26.2 Å². The predicted octanol–water partition coefficient (Wildman–Crippen LogP) is 0.0808. The summed E-state index contributed by atoms with van der Waals surface area (Å²) in [4.78, 5) is 65.3. The first-order valence-corrected chi connectivity index (χ1v) is 16.3. The van der Waals surface area contributed by atoms with Crippen molar-refractivity contribution < 1.29 is 38.6 Å². The van der Waals surface area contributed by atoms with Crippen molar-refractivity contribution in [2.24, 2.45) is 17.6 Å². The van der Waals surface area contributed by atoms with E-state index in [1.54, 1.807) is 11.8 Å². The Morgan fingerprint density at radius 3 is 2.00 bits per heavy atom. The van der Waals surface area contributed by atoms with Crippen LogP contribution < -0.4 is 16.4 Å². The standard InChI is InChI=1S/C25H45N5O8Si/c1-14(31)18(20(26)32)27-21(33)16-8-10-29(12-16)22(34)17-9-11-30(13-17)23(35)19(28-24(36)37)15(2)38-39(6,7)25(3,4)5/h14-19,28,31H,8-13H2,1-7H3,(H2,26,32)(H,27,33)(H,36,37)/t14-,15-,16-,17+,18+,19+/m1/s1. The number of aliphatic hydroxyl groups is 1. The number of likely N-dealkylation sites (tertiary alicyclic amines) is 2. The Balaban J connectivity index is 2.01. The largest absolute Gasteiger partial charge is 0.465 e. The van der Waals surface area contributed by atoms with E-state index in [0.29, 0.717) is 25.9 Å². The Kier molecular flexibility index (Phi) is 10.5. The number of nitrogens with zero attached hydrogens (tertiary/aromatic N) is 2. The molecule has 0 radical (unpaired) electrons. The summed E-state index contributed by atoms with van der Waals surface area (Å²) in [5.74, 6) is -2.96. The number of hydrogen-bond acceptors (Lipinski definition) is 7. The minimum Gasteiger partial charge on any atom is -0.465 e. The van der Waals surface area contributed by atoms with Crippen molar-refractivity contribution in [2.75, 3.05) is 26.2 Å². The first-order valence-electron chi connectivity index (χ1n) is 13.4. The molecule has 222 valence electrons. The monoisotopic (exact) mass is 571 g/mol. The fraction of sp³-hybridized carbons (Fsp3) is 0.800. The average molecular weight is 572 g/mol. The van der Waals surface area contributed by atoms with Gasteiger partial charge in [-0.1, -0.05) is 20.8 Å². The fourth-order valence-electron chi connectivity index (χ4n) is 4.71. The van der Waals surface area contributed by atoms with Gasteiger partial charge in [-0.15, -0.1) is 0 Å². The highest BCUT2D eigenvalue weighted by Gasteiger charge is 2.44. The van der Waals surface area contributed by atoms with Crippen LogP contribution in [0, 0.1) is 11.8 Å². The molecule has 5 amide bonds. The molecule has 2 heterocycles. The van der Waals surface area contributed by atoms with Gasteiger partial charge < -0.3 is 40.8 Å². The highest BCUT2D eigenvalue weighted by atomic mass is 28.4. The van der Waals surface area contributed by atoms with Crippen LogP contribution in [0.1, 0.15) is 47.5 Å². The summed E-state index contributed by atoms with van der Waals surface area (Å²) in [5.41, 5.74) is 5.24. The third-order valence-corrected chi connectivity index (χ3v) is 12.7. The fourth-order valence-corrected chi connectivity index (χ4v) is 6.13. The lowest BCUT2D eigenvalue weighted by Crippen LogP contribution is -2.57. The van der Waals surface area contributed by atoms with Crippen LogP contribution in [0.25, 0.3) is 0 Å². The molecule has 0 saturated carbocycles. The van der Waals surface area contributed by atoms with Gasteiger partial charge in [0.05, 0.1) is 24.0 Å². The van der Waals surface area contributed by atoms with E-state index in [2.05, 4.69) is 31.4 Å². The van der Waals surface area contributed by atoms with Gasteiger partial charge in [0.15, 0.2) is 8.32 Å². The van der Waals surface area contributed by atoms with Gasteiger partial charge in [-0.25, -0.2) is 4.79 Å². The molecule has 2 aliphatic rings. The Morgan fingerprint density at radius 2 is 1.49 bits per heavy atom. The Labute approximate surface area is 230 Å². The van der Waals surface area contributed by atoms with Gasteiger partial charge >= 0.3 is 6.09 Å². The SMILES string of the molecule is C[C@@H](O)[C@H](NC(=O)[C@@H]1CCN(C(=O)[C@H]2CCN(C(=O)[C@@H](NC(=O)O)[C@@H](C)O[Si](C)(C)C(C)(C)C)C2)C1)C(N)=O. The van der Waals surface area contributed by atoms with Crippen LogP contribution in [0.15, 0.2) is 0 Å². The number of primary amides is 1. The molecule has 14 heteroatoms. The molecule has 2 fully saturated rings.